The maximum Gasteiger partial charge on any atom is 0.350 e. The van der Waals surface area contributed by atoms with Gasteiger partial charge in [-0.1, -0.05) is 0 Å². The SMILES string of the molecule is COC(=O)c1sccc1NC(=O)CN1CCC(N)CC1C. The van der Waals surface area contributed by atoms with Crippen LogP contribution >= 0.6 is 11.3 Å². The zero-order valence-corrected chi connectivity index (χ0v) is 13.1. The minimum atomic E-state index is -0.433. The quantitative estimate of drug-likeness (QED) is 0.818. The van der Waals surface area contributed by atoms with E-state index in [1.54, 1.807) is 11.4 Å². The van der Waals surface area contributed by atoms with Crippen LogP contribution in [0.1, 0.15) is 29.4 Å². The molecule has 0 aliphatic carbocycles. The number of anilines is 1. The van der Waals surface area contributed by atoms with Gasteiger partial charge in [0.15, 0.2) is 0 Å². The van der Waals surface area contributed by atoms with Crippen molar-refractivity contribution in [3.05, 3.63) is 16.3 Å². The van der Waals surface area contributed by atoms with E-state index in [1.807, 2.05) is 0 Å². The molecule has 1 aliphatic rings. The lowest BCUT2D eigenvalue weighted by Crippen LogP contribution is -2.48. The molecule has 116 valence electrons. The highest BCUT2D eigenvalue weighted by Gasteiger charge is 2.25. The van der Waals surface area contributed by atoms with E-state index in [9.17, 15) is 9.59 Å². The third kappa shape index (κ3) is 4.03. The molecule has 2 heterocycles. The minimum Gasteiger partial charge on any atom is -0.465 e. The zero-order valence-electron chi connectivity index (χ0n) is 12.3. The number of nitrogens with one attached hydrogen (secondary N) is 1. The molecular formula is C14H21N3O3S. The first kappa shape index (κ1) is 15.9. The number of nitrogens with two attached hydrogens (primary N) is 1. The summed E-state index contributed by atoms with van der Waals surface area (Å²) in [5, 5.41) is 4.54. The predicted octanol–water partition coefficient (Wildman–Crippen LogP) is 1.28. The lowest BCUT2D eigenvalue weighted by atomic mass is 9.99. The second-order valence-electron chi connectivity index (χ2n) is 5.31. The summed E-state index contributed by atoms with van der Waals surface area (Å²) in [6.07, 6.45) is 1.81. The van der Waals surface area contributed by atoms with Crippen LogP contribution in [0.25, 0.3) is 0 Å². The fourth-order valence-electron chi connectivity index (χ4n) is 2.52. The molecule has 2 atom stereocenters. The molecule has 0 saturated carbocycles. The van der Waals surface area contributed by atoms with Crippen molar-refractivity contribution in [3.8, 4) is 0 Å². The van der Waals surface area contributed by atoms with Gasteiger partial charge in [0.2, 0.25) is 5.91 Å². The second-order valence-corrected chi connectivity index (χ2v) is 6.22. The Bertz CT molecular complexity index is 517. The number of ether oxygens (including phenoxy) is 1. The minimum absolute atomic E-state index is 0.124. The van der Waals surface area contributed by atoms with Crippen molar-refractivity contribution in [2.75, 3.05) is 25.5 Å². The third-order valence-corrected chi connectivity index (χ3v) is 4.61. The molecule has 0 aromatic carbocycles. The van der Waals surface area contributed by atoms with Crippen molar-refractivity contribution >= 4 is 28.9 Å². The Morgan fingerprint density at radius 3 is 3.00 bits per heavy atom. The third-order valence-electron chi connectivity index (χ3n) is 3.71. The Balaban J connectivity index is 1.93. The number of carbonyl (C=O) groups excluding carboxylic acids is 2. The molecule has 0 spiro atoms. The van der Waals surface area contributed by atoms with Crippen LogP contribution < -0.4 is 11.1 Å². The molecule has 6 nitrogen and oxygen atoms in total. The van der Waals surface area contributed by atoms with Crippen LogP contribution in [0.15, 0.2) is 11.4 Å². The van der Waals surface area contributed by atoms with Gasteiger partial charge in [-0.3, -0.25) is 9.69 Å². The number of hydrogen-bond donors (Lipinski definition) is 2. The van der Waals surface area contributed by atoms with Gasteiger partial charge < -0.3 is 15.8 Å². The highest BCUT2D eigenvalue weighted by molar-refractivity contribution is 7.12. The largest absolute Gasteiger partial charge is 0.465 e. The number of esters is 1. The van der Waals surface area contributed by atoms with Gasteiger partial charge in [0.1, 0.15) is 4.88 Å². The fourth-order valence-corrected chi connectivity index (χ4v) is 3.29. The molecule has 0 radical (unpaired) electrons. The molecule has 1 aliphatic heterocycles. The first-order valence-electron chi connectivity index (χ1n) is 6.96. The molecule has 2 unspecified atom stereocenters. The Morgan fingerprint density at radius 2 is 2.33 bits per heavy atom. The molecule has 21 heavy (non-hydrogen) atoms. The van der Waals surface area contributed by atoms with Crippen LogP contribution in [0.4, 0.5) is 5.69 Å². The van der Waals surface area contributed by atoms with E-state index in [-0.39, 0.29) is 11.9 Å². The van der Waals surface area contributed by atoms with E-state index in [0.717, 1.165) is 19.4 Å². The molecular weight excluding hydrogens is 290 g/mol. The molecule has 0 bridgehead atoms. The normalized spacial score (nSPS) is 22.8. The summed E-state index contributed by atoms with van der Waals surface area (Å²) in [6, 6.07) is 2.23. The summed E-state index contributed by atoms with van der Waals surface area (Å²) in [5.74, 6) is -0.557. The fraction of sp³-hybridized carbons (Fsp3) is 0.571. The van der Waals surface area contributed by atoms with E-state index in [2.05, 4.69) is 17.1 Å². The van der Waals surface area contributed by atoms with Crippen molar-refractivity contribution < 1.29 is 14.3 Å². The second kappa shape index (κ2) is 7.02. The summed E-state index contributed by atoms with van der Waals surface area (Å²) < 4.78 is 4.69. The number of amides is 1. The van der Waals surface area contributed by atoms with E-state index in [4.69, 9.17) is 10.5 Å². The number of rotatable bonds is 4. The van der Waals surface area contributed by atoms with Crippen molar-refractivity contribution in [3.63, 3.8) is 0 Å². The highest BCUT2D eigenvalue weighted by Crippen LogP contribution is 2.23. The molecule has 7 heteroatoms. The van der Waals surface area contributed by atoms with Crippen LogP contribution in [-0.2, 0) is 9.53 Å². The number of likely N-dealkylation sites (tertiary alicyclic amines) is 1. The number of nitrogens with zero attached hydrogens (tertiary/aromatic N) is 1. The summed E-state index contributed by atoms with van der Waals surface area (Å²) in [5.41, 5.74) is 6.43. The number of carbonyl (C=O) groups is 2. The van der Waals surface area contributed by atoms with E-state index < -0.39 is 5.97 Å². The molecule has 1 saturated heterocycles. The summed E-state index contributed by atoms with van der Waals surface area (Å²) in [7, 11) is 1.33. The Kier molecular flexibility index (Phi) is 5.33. The molecule has 2 rings (SSSR count). The molecule has 1 aromatic rings. The van der Waals surface area contributed by atoms with Crippen LogP contribution in [-0.4, -0.2) is 49.1 Å². The van der Waals surface area contributed by atoms with Gasteiger partial charge >= 0.3 is 5.97 Å². The standard InChI is InChI=1S/C14H21N3O3S/c1-9-7-10(15)3-5-17(9)8-12(18)16-11-4-6-21-13(11)14(19)20-2/h4,6,9-10H,3,5,7-8,15H2,1-2H3,(H,16,18). The smallest absolute Gasteiger partial charge is 0.350 e. The maximum absolute atomic E-state index is 12.1. The number of thiophene rings is 1. The van der Waals surface area contributed by atoms with Gasteiger partial charge in [0.25, 0.3) is 0 Å². The monoisotopic (exact) mass is 311 g/mol. The van der Waals surface area contributed by atoms with Gasteiger partial charge in [-0.2, -0.15) is 0 Å². The average Bonchev–Trinajstić information content (AvgIpc) is 2.89. The number of piperidine rings is 1. The van der Waals surface area contributed by atoms with Crippen molar-refractivity contribution in [1.29, 1.82) is 0 Å². The van der Waals surface area contributed by atoms with E-state index in [0.29, 0.717) is 23.2 Å². The van der Waals surface area contributed by atoms with Crippen LogP contribution in [0.2, 0.25) is 0 Å². The lowest BCUT2D eigenvalue weighted by Gasteiger charge is -2.35. The molecule has 1 aromatic heterocycles. The number of methoxy groups -OCH3 is 1. The van der Waals surface area contributed by atoms with Gasteiger partial charge in [0.05, 0.1) is 19.3 Å². The first-order chi connectivity index (χ1) is 10.0. The summed E-state index contributed by atoms with van der Waals surface area (Å²) in [4.78, 5) is 26.2. The van der Waals surface area contributed by atoms with Crippen molar-refractivity contribution in [2.45, 2.75) is 31.8 Å². The summed E-state index contributed by atoms with van der Waals surface area (Å²) in [6.45, 7) is 3.21. The van der Waals surface area contributed by atoms with Crippen molar-refractivity contribution in [2.24, 2.45) is 5.73 Å². The number of hydrogen-bond acceptors (Lipinski definition) is 6. The average molecular weight is 311 g/mol. The highest BCUT2D eigenvalue weighted by atomic mass is 32.1. The van der Waals surface area contributed by atoms with Crippen LogP contribution in [0, 0.1) is 0 Å². The zero-order chi connectivity index (χ0) is 15.4. The molecule has 1 amide bonds. The Morgan fingerprint density at radius 1 is 1.57 bits per heavy atom. The van der Waals surface area contributed by atoms with E-state index in [1.165, 1.54) is 18.4 Å². The lowest BCUT2D eigenvalue weighted by molar-refractivity contribution is -0.118. The van der Waals surface area contributed by atoms with Gasteiger partial charge in [0, 0.05) is 18.6 Å². The molecule has 1 fully saturated rings. The van der Waals surface area contributed by atoms with Crippen LogP contribution in [0.5, 0.6) is 0 Å². The van der Waals surface area contributed by atoms with Gasteiger partial charge in [-0.15, -0.1) is 11.3 Å². The summed E-state index contributed by atoms with van der Waals surface area (Å²) >= 11 is 1.25. The molecule has 3 N–H and O–H groups in total. The van der Waals surface area contributed by atoms with Crippen LogP contribution in [0.3, 0.4) is 0 Å². The van der Waals surface area contributed by atoms with E-state index >= 15 is 0 Å². The van der Waals surface area contributed by atoms with Gasteiger partial charge in [-0.25, -0.2) is 4.79 Å². The Hall–Kier alpha value is -1.44. The maximum atomic E-state index is 12.1. The topological polar surface area (TPSA) is 84.7 Å². The van der Waals surface area contributed by atoms with Gasteiger partial charge in [-0.05, 0) is 31.2 Å². The first-order valence-corrected chi connectivity index (χ1v) is 7.84. The Labute approximate surface area is 128 Å². The van der Waals surface area contributed by atoms with Crippen molar-refractivity contribution in [1.82, 2.24) is 4.90 Å². The predicted molar refractivity (Wildman–Crippen MR) is 82.5 cm³/mol.